The fourth-order valence-corrected chi connectivity index (χ4v) is 12.9. The summed E-state index contributed by atoms with van der Waals surface area (Å²) in [5, 5.41) is 304. The Labute approximate surface area is 580 Å². The van der Waals surface area contributed by atoms with Gasteiger partial charge >= 0.3 is 0 Å². The van der Waals surface area contributed by atoms with E-state index in [-0.39, 0.29) is 0 Å². The van der Waals surface area contributed by atoms with Crippen LogP contribution in [0.25, 0.3) is 0 Å². The van der Waals surface area contributed by atoms with E-state index >= 15 is 0 Å². The molecule has 10 fully saturated rings. The lowest BCUT2D eigenvalue weighted by Gasteiger charge is -2.50. The van der Waals surface area contributed by atoms with E-state index in [9.17, 15) is 143 Å². The number of hydrogen-bond donors (Lipinski definition) is 28. The highest BCUT2D eigenvalue weighted by molar-refractivity contribution is 5.01. The molecule has 0 bridgehead atoms. The van der Waals surface area contributed by atoms with Crippen molar-refractivity contribution in [2.24, 2.45) is 0 Å². The van der Waals surface area contributed by atoms with Crippen LogP contribution >= 0.6 is 0 Å². The fraction of sp³-hybridized carbons (Fsp3) is 1.00. The van der Waals surface area contributed by atoms with Crippen LogP contribution in [0, 0.1) is 0 Å². The predicted molar refractivity (Wildman–Crippen MR) is 306 cm³/mol. The Bertz CT molecular complexity index is 2560. The van der Waals surface area contributed by atoms with Gasteiger partial charge in [0.15, 0.2) is 62.9 Å². The van der Waals surface area contributed by atoms with Crippen molar-refractivity contribution < 1.29 is 233 Å². The van der Waals surface area contributed by atoms with Gasteiger partial charge in [-0.3, -0.25) is 0 Å². The summed E-state index contributed by atoms with van der Waals surface area (Å²) >= 11 is 0. The van der Waals surface area contributed by atoms with Gasteiger partial charge in [-0.05, 0) is 0 Å². The van der Waals surface area contributed by atoms with Gasteiger partial charge in [-0.25, -0.2) is 0 Å². The van der Waals surface area contributed by atoms with Crippen molar-refractivity contribution in [2.45, 2.75) is 283 Å². The van der Waals surface area contributed by atoms with Gasteiger partial charge < -0.3 is 233 Å². The number of ether oxygens (including phenoxy) is 19. The third-order valence-electron chi connectivity index (χ3n) is 19.2. The molecule has 0 amide bonds. The molecule has 103 heavy (non-hydrogen) atoms. The van der Waals surface area contributed by atoms with Gasteiger partial charge in [-0.15, -0.1) is 0 Å². The molecule has 10 saturated heterocycles. The first-order valence-electron chi connectivity index (χ1n) is 32.8. The standard InChI is InChI=1S/C56H94O47/c57-1-15-42(27(69)32(74)47(84)93-15)99-54-39(81)29(71)45(19(96-54)9-91-50-35(77)23(65)13(61)5-87-50)102-56-41(83)31(73)46(20(98-56)10-92-51-36(78)24(66)14(62)6-88-51)103-55-40(82)30(72)44(18(97-55)8-90-49-34(76)22(64)12(60)4-86-49)101-53-38(80)28(70)43(16(2-58)94-53)100-52-37(79)26(68)25(67)17(95-52)7-89-48-33(75)21(63)11(59)3-85-48/h11-84H,1-10H2/t11-,12-,13-,14-,15-,16-,17-,18-,19-,20-,21+,22+,23+,24+,25-,26+,27-,28-,29-,30-,31-,32-,33-,34-,35-,36-,37-,38-,39-,40-,41-,42-,43-,44-,45-,46-,47?,48-,49-,50-,51-,52+,53+,54+,55+,56+/m1/s1. The van der Waals surface area contributed by atoms with E-state index in [1.807, 2.05) is 0 Å². The molecular formula is C56H94O47. The molecule has 0 aromatic heterocycles. The third-order valence-corrected chi connectivity index (χ3v) is 19.2. The normalized spacial score (nSPS) is 54.1. The first kappa shape index (κ1) is 83.6. The molecule has 10 aliphatic rings. The van der Waals surface area contributed by atoms with Crippen molar-refractivity contribution in [3.8, 4) is 0 Å². The van der Waals surface area contributed by atoms with E-state index in [1.54, 1.807) is 0 Å². The van der Waals surface area contributed by atoms with E-state index in [2.05, 4.69) is 0 Å². The Hall–Kier alpha value is -1.88. The lowest BCUT2D eigenvalue weighted by molar-refractivity contribution is -0.401. The molecule has 47 heteroatoms. The summed E-state index contributed by atoms with van der Waals surface area (Å²) in [6.07, 6.45) is -92.6. The second-order valence-electron chi connectivity index (χ2n) is 26.4. The minimum atomic E-state index is -2.47. The summed E-state index contributed by atoms with van der Waals surface area (Å²) in [5.74, 6) is 0. The van der Waals surface area contributed by atoms with Crippen LogP contribution < -0.4 is 0 Å². The molecular weight excluding hydrogens is 1420 g/mol. The lowest BCUT2D eigenvalue weighted by atomic mass is 9.95. The van der Waals surface area contributed by atoms with Gasteiger partial charge in [0.05, 0.1) is 66.1 Å². The van der Waals surface area contributed by atoms with Gasteiger partial charge in [0.2, 0.25) is 0 Å². The van der Waals surface area contributed by atoms with Gasteiger partial charge in [0.1, 0.15) is 220 Å². The predicted octanol–water partition coefficient (Wildman–Crippen LogP) is -20.2. The van der Waals surface area contributed by atoms with Gasteiger partial charge in [0.25, 0.3) is 0 Å². The zero-order chi connectivity index (χ0) is 75.1. The first-order chi connectivity index (χ1) is 48.8. The van der Waals surface area contributed by atoms with E-state index in [0.29, 0.717) is 0 Å². The molecule has 0 aliphatic carbocycles. The summed E-state index contributed by atoms with van der Waals surface area (Å²) in [5.41, 5.74) is 0. The molecule has 1 unspecified atom stereocenters. The van der Waals surface area contributed by atoms with Crippen LogP contribution in [0.15, 0.2) is 0 Å². The minimum absolute atomic E-state index is 0.495. The lowest BCUT2D eigenvalue weighted by Crippen LogP contribution is -2.68. The number of aliphatic hydroxyl groups excluding tert-OH is 28. The largest absolute Gasteiger partial charge is 0.394 e. The molecule has 0 aromatic rings. The summed E-state index contributed by atoms with van der Waals surface area (Å²) in [6.45, 7) is -8.25. The first-order valence-corrected chi connectivity index (χ1v) is 32.8. The van der Waals surface area contributed by atoms with Crippen molar-refractivity contribution in [3.63, 3.8) is 0 Å². The second kappa shape index (κ2) is 36.1. The summed E-state index contributed by atoms with van der Waals surface area (Å²) < 4.78 is 108. The molecule has 10 heterocycles. The average Bonchev–Trinajstić information content (AvgIpc) is 0.773. The molecule has 47 nitrogen and oxygen atoms in total. The van der Waals surface area contributed by atoms with Crippen LogP contribution in [0.5, 0.6) is 0 Å². The Morgan fingerprint density at radius 1 is 0.204 bits per heavy atom. The summed E-state index contributed by atoms with van der Waals surface area (Å²) in [7, 11) is 0. The molecule has 0 spiro atoms. The van der Waals surface area contributed by atoms with Crippen LogP contribution in [0.4, 0.5) is 0 Å². The zero-order valence-corrected chi connectivity index (χ0v) is 53.9. The van der Waals surface area contributed by atoms with Crippen molar-refractivity contribution in [1.82, 2.24) is 0 Å². The van der Waals surface area contributed by atoms with E-state index in [0.717, 1.165) is 0 Å². The van der Waals surface area contributed by atoms with E-state index < -0.39 is 349 Å². The minimum Gasteiger partial charge on any atom is -0.394 e. The third kappa shape index (κ3) is 18.2. The van der Waals surface area contributed by atoms with E-state index in [4.69, 9.17) is 90.0 Å². The molecule has 46 atom stereocenters. The molecule has 0 radical (unpaired) electrons. The van der Waals surface area contributed by atoms with Gasteiger partial charge in [0, 0.05) is 0 Å². The molecule has 0 saturated carbocycles. The number of rotatable bonds is 24. The maximum atomic E-state index is 12.2. The monoisotopic (exact) mass is 1520 g/mol. The maximum absolute atomic E-state index is 12.2. The average molecular weight is 1520 g/mol. The van der Waals surface area contributed by atoms with Crippen LogP contribution in [0.2, 0.25) is 0 Å². The smallest absolute Gasteiger partial charge is 0.187 e. The molecule has 10 aliphatic heterocycles. The van der Waals surface area contributed by atoms with E-state index in [1.165, 1.54) is 0 Å². The number of aliphatic hydroxyl groups is 28. The highest BCUT2D eigenvalue weighted by Crippen LogP contribution is 2.39. The van der Waals surface area contributed by atoms with Crippen LogP contribution in [-0.2, 0) is 90.0 Å². The highest BCUT2D eigenvalue weighted by Gasteiger charge is 2.59. The zero-order valence-electron chi connectivity index (χ0n) is 53.9. The van der Waals surface area contributed by atoms with Crippen molar-refractivity contribution in [2.75, 3.05) is 66.1 Å². The molecule has 600 valence electrons. The Morgan fingerprint density at radius 2 is 0.417 bits per heavy atom. The van der Waals surface area contributed by atoms with Crippen molar-refractivity contribution >= 4 is 0 Å². The SMILES string of the molecule is OC[C@H]1O[C@@H](O[C@H]2[C@H](O)[C@@H](O)[C@H](O[C@H]3[C@H](O)[C@@H](O)[C@H](O[C@H]4[C@H](O)[C@@H](O)[C@H](O[C@H]5[C@H](O)[C@@H](O)C(O)O[C@@H]5CO)O[C@@H]4CO[C@H]4OC[C@@H](O)[C@H](O)[C@H]4O)O[C@@H]3CO[C@H]3OC[C@@H](O)[C@H](O)[C@H]3O)O[C@@H]2CO[C@H]2OC[C@@H](O)[C@H](O)[C@H]2O)[C@H](O)[C@@H](O)[C@@H]1O[C@@H]1O[C@H](CO[C@H]2OC[C@@H](O)[C@H](O)[C@H]2O)[C@@H](O)[C@H](O)[C@H]1O. The van der Waals surface area contributed by atoms with Gasteiger partial charge in [-0.2, -0.15) is 0 Å². The van der Waals surface area contributed by atoms with Gasteiger partial charge in [-0.1, -0.05) is 0 Å². The number of hydrogen-bond acceptors (Lipinski definition) is 47. The topological polar surface area (TPSA) is 742 Å². The molecule has 0 aromatic carbocycles. The fourth-order valence-electron chi connectivity index (χ4n) is 12.9. The Kier molecular flexibility index (Phi) is 29.3. The second-order valence-corrected chi connectivity index (χ2v) is 26.4. The Balaban J connectivity index is 0.880. The molecule has 10 rings (SSSR count). The Morgan fingerprint density at radius 3 is 0.699 bits per heavy atom. The molecule has 28 N–H and O–H groups in total. The van der Waals surface area contributed by atoms with Crippen molar-refractivity contribution in [1.29, 1.82) is 0 Å². The quantitative estimate of drug-likeness (QED) is 0.0427. The summed E-state index contributed by atoms with van der Waals surface area (Å²) in [6, 6.07) is 0. The maximum Gasteiger partial charge on any atom is 0.187 e. The van der Waals surface area contributed by atoms with Crippen LogP contribution in [0.1, 0.15) is 0 Å². The van der Waals surface area contributed by atoms with Crippen LogP contribution in [0.3, 0.4) is 0 Å². The van der Waals surface area contributed by atoms with Crippen molar-refractivity contribution in [3.05, 3.63) is 0 Å². The highest BCUT2D eigenvalue weighted by atomic mass is 16.8. The van der Waals surface area contributed by atoms with Crippen LogP contribution in [-0.4, -0.2) is 492 Å². The summed E-state index contributed by atoms with van der Waals surface area (Å²) in [4.78, 5) is 0.